The van der Waals surface area contributed by atoms with Gasteiger partial charge in [0.2, 0.25) is 0 Å². The molecule has 1 N–H and O–H groups in total. The molecule has 2 aromatic rings. The van der Waals surface area contributed by atoms with Crippen LogP contribution in [0.15, 0.2) is 42.5 Å². The van der Waals surface area contributed by atoms with Crippen LogP contribution in [0.25, 0.3) is 0 Å². The van der Waals surface area contributed by atoms with Gasteiger partial charge in [-0.1, -0.05) is 31.2 Å². The Morgan fingerprint density at radius 1 is 1.10 bits per heavy atom. The summed E-state index contributed by atoms with van der Waals surface area (Å²) in [7, 11) is 0. The lowest BCUT2D eigenvalue weighted by Crippen LogP contribution is -2.12. The summed E-state index contributed by atoms with van der Waals surface area (Å²) in [6, 6.07) is 12.7. The SMILES string of the molecule is CCNCc1ccccc1OCc1cc(F)ccc1C. The zero-order chi connectivity index (χ0) is 14.4. The van der Waals surface area contributed by atoms with E-state index in [-0.39, 0.29) is 5.82 Å². The molecule has 0 radical (unpaired) electrons. The maximum absolute atomic E-state index is 13.3. The zero-order valence-electron chi connectivity index (χ0n) is 11.9. The largest absolute Gasteiger partial charge is 0.489 e. The van der Waals surface area contributed by atoms with Gasteiger partial charge in [0, 0.05) is 12.1 Å². The Morgan fingerprint density at radius 3 is 2.70 bits per heavy atom. The van der Waals surface area contributed by atoms with Crippen LogP contribution in [-0.4, -0.2) is 6.54 Å². The van der Waals surface area contributed by atoms with Crippen LogP contribution < -0.4 is 10.1 Å². The fraction of sp³-hybridized carbons (Fsp3) is 0.294. The molecule has 0 aromatic heterocycles. The highest BCUT2D eigenvalue weighted by Gasteiger charge is 2.05. The third kappa shape index (κ3) is 3.81. The number of nitrogens with one attached hydrogen (secondary N) is 1. The number of aryl methyl sites for hydroxylation is 1. The minimum atomic E-state index is -0.227. The molecule has 0 amide bonds. The monoisotopic (exact) mass is 273 g/mol. The fourth-order valence-corrected chi connectivity index (χ4v) is 2.00. The van der Waals surface area contributed by atoms with E-state index in [0.29, 0.717) is 6.61 Å². The number of benzene rings is 2. The molecule has 0 atom stereocenters. The Balaban J connectivity index is 2.08. The molecule has 3 heteroatoms. The molecule has 106 valence electrons. The second-order valence-corrected chi connectivity index (χ2v) is 4.75. The first-order chi connectivity index (χ1) is 9.70. The van der Waals surface area contributed by atoms with Crippen molar-refractivity contribution < 1.29 is 9.13 Å². The van der Waals surface area contributed by atoms with Gasteiger partial charge >= 0.3 is 0 Å². The second-order valence-electron chi connectivity index (χ2n) is 4.75. The van der Waals surface area contributed by atoms with Crippen molar-refractivity contribution in [3.63, 3.8) is 0 Å². The Hall–Kier alpha value is -1.87. The predicted molar refractivity (Wildman–Crippen MR) is 79.3 cm³/mol. The standard InChI is InChI=1S/C17H20FNO/c1-3-19-11-14-6-4-5-7-17(14)20-12-15-10-16(18)9-8-13(15)2/h4-10,19H,3,11-12H2,1-2H3. The van der Waals surface area contributed by atoms with Gasteiger partial charge in [-0.3, -0.25) is 0 Å². The highest BCUT2D eigenvalue weighted by molar-refractivity contribution is 5.34. The highest BCUT2D eigenvalue weighted by Crippen LogP contribution is 2.20. The summed E-state index contributed by atoms with van der Waals surface area (Å²) in [5, 5.41) is 3.28. The molecule has 0 fully saturated rings. The van der Waals surface area contributed by atoms with Gasteiger partial charge in [-0.25, -0.2) is 4.39 Å². The summed E-state index contributed by atoms with van der Waals surface area (Å²) in [5.74, 6) is 0.618. The van der Waals surface area contributed by atoms with E-state index in [4.69, 9.17) is 4.74 Å². The maximum atomic E-state index is 13.3. The van der Waals surface area contributed by atoms with E-state index in [1.54, 1.807) is 6.07 Å². The van der Waals surface area contributed by atoms with Crippen LogP contribution in [0.5, 0.6) is 5.75 Å². The van der Waals surface area contributed by atoms with Gasteiger partial charge in [-0.05, 0) is 42.8 Å². The normalized spacial score (nSPS) is 10.6. The zero-order valence-corrected chi connectivity index (χ0v) is 11.9. The summed E-state index contributed by atoms with van der Waals surface area (Å²) < 4.78 is 19.1. The van der Waals surface area contributed by atoms with Crippen LogP contribution in [0.3, 0.4) is 0 Å². The Kier molecular flexibility index (Phi) is 5.13. The van der Waals surface area contributed by atoms with Gasteiger partial charge in [0.1, 0.15) is 18.2 Å². The number of ether oxygens (including phenoxy) is 1. The molecule has 20 heavy (non-hydrogen) atoms. The Labute approximate surface area is 119 Å². The van der Waals surface area contributed by atoms with Crippen molar-refractivity contribution in [2.75, 3.05) is 6.54 Å². The van der Waals surface area contributed by atoms with Crippen LogP contribution >= 0.6 is 0 Å². The van der Waals surface area contributed by atoms with E-state index < -0.39 is 0 Å². The van der Waals surface area contributed by atoms with E-state index in [2.05, 4.69) is 12.2 Å². The number of para-hydroxylation sites is 1. The number of hydrogen-bond acceptors (Lipinski definition) is 2. The van der Waals surface area contributed by atoms with Gasteiger partial charge in [-0.15, -0.1) is 0 Å². The van der Waals surface area contributed by atoms with Crippen molar-refractivity contribution >= 4 is 0 Å². The van der Waals surface area contributed by atoms with Gasteiger partial charge in [-0.2, -0.15) is 0 Å². The molecule has 0 aliphatic heterocycles. The van der Waals surface area contributed by atoms with Crippen LogP contribution in [-0.2, 0) is 13.2 Å². The minimum Gasteiger partial charge on any atom is -0.489 e. The first kappa shape index (κ1) is 14.5. The molecule has 0 heterocycles. The Morgan fingerprint density at radius 2 is 1.90 bits per heavy atom. The second kappa shape index (κ2) is 7.06. The summed E-state index contributed by atoms with van der Waals surface area (Å²) in [4.78, 5) is 0. The van der Waals surface area contributed by atoms with Crippen molar-refractivity contribution in [1.29, 1.82) is 0 Å². The third-order valence-corrected chi connectivity index (χ3v) is 3.23. The number of halogens is 1. The lowest BCUT2D eigenvalue weighted by molar-refractivity contribution is 0.301. The van der Waals surface area contributed by atoms with Gasteiger partial charge in [0.05, 0.1) is 0 Å². The third-order valence-electron chi connectivity index (χ3n) is 3.23. The highest BCUT2D eigenvalue weighted by atomic mass is 19.1. The quantitative estimate of drug-likeness (QED) is 0.864. The van der Waals surface area contributed by atoms with Crippen molar-refractivity contribution in [2.24, 2.45) is 0 Å². The molecule has 0 saturated heterocycles. The first-order valence-corrected chi connectivity index (χ1v) is 6.87. The minimum absolute atomic E-state index is 0.227. The summed E-state index contributed by atoms with van der Waals surface area (Å²) in [6.07, 6.45) is 0. The van der Waals surface area contributed by atoms with Gasteiger partial charge in [0.25, 0.3) is 0 Å². The van der Waals surface area contributed by atoms with E-state index >= 15 is 0 Å². The molecule has 0 bridgehead atoms. The summed E-state index contributed by atoms with van der Waals surface area (Å²) in [5.41, 5.74) is 3.03. The lowest BCUT2D eigenvalue weighted by atomic mass is 10.1. The average molecular weight is 273 g/mol. The number of rotatable bonds is 6. The molecular formula is C17H20FNO. The topological polar surface area (TPSA) is 21.3 Å². The predicted octanol–water partition coefficient (Wildman–Crippen LogP) is 3.82. The number of hydrogen-bond donors (Lipinski definition) is 1. The molecule has 0 spiro atoms. The van der Waals surface area contributed by atoms with Crippen LogP contribution in [0.4, 0.5) is 4.39 Å². The van der Waals surface area contributed by atoms with Crippen molar-refractivity contribution in [2.45, 2.75) is 27.0 Å². The van der Waals surface area contributed by atoms with Crippen LogP contribution in [0, 0.1) is 12.7 Å². The molecule has 0 aliphatic rings. The van der Waals surface area contributed by atoms with E-state index in [1.807, 2.05) is 31.2 Å². The molecule has 2 nitrogen and oxygen atoms in total. The maximum Gasteiger partial charge on any atom is 0.124 e. The smallest absolute Gasteiger partial charge is 0.124 e. The average Bonchev–Trinajstić information content (AvgIpc) is 2.47. The van der Waals surface area contributed by atoms with Crippen LogP contribution in [0.1, 0.15) is 23.6 Å². The van der Waals surface area contributed by atoms with Crippen molar-refractivity contribution in [3.05, 3.63) is 65.0 Å². The van der Waals surface area contributed by atoms with Gasteiger partial charge < -0.3 is 10.1 Å². The van der Waals surface area contributed by atoms with E-state index in [0.717, 1.165) is 35.5 Å². The van der Waals surface area contributed by atoms with E-state index in [9.17, 15) is 4.39 Å². The summed E-state index contributed by atoms with van der Waals surface area (Å²) in [6.45, 7) is 6.10. The fourth-order valence-electron chi connectivity index (χ4n) is 2.00. The first-order valence-electron chi connectivity index (χ1n) is 6.87. The molecule has 0 aliphatic carbocycles. The van der Waals surface area contributed by atoms with E-state index in [1.165, 1.54) is 12.1 Å². The van der Waals surface area contributed by atoms with Crippen molar-refractivity contribution in [1.82, 2.24) is 5.32 Å². The summed E-state index contributed by atoms with van der Waals surface area (Å²) >= 11 is 0. The van der Waals surface area contributed by atoms with Crippen molar-refractivity contribution in [3.8, 4) is 5.75 Å². The molecule has 0 saturated carbocycles. The molecule has 0 unspecified atom stereocenters. The lowest BCUT2D eigenvalue weighted by Gasteiger charge is -2.13. The Bertz CT molecular complexity index is 569. The molecule has 2 rings (SSSR count). The molecule has 2 aromatic carbocycles. The van der Waals surface area contributed by atoms with Crippen LogP contribution in [0.2, 0.25) is 0 Å². The molecular weight excluding hydrogens is 253 g/mol. The van der Waals surface area contributed by atoms with Gasteiger partial charge in [0.15, 0.2) is 0 Å².